The molecule has 2 aromatic carbocycles. The maximum Gasteiger partial charge on any atom is 0.175 e. The Kier molecular flexibility index (Phi) is 6.16. The highest BCUT2D eigenvalue weighted by atomic mass is 32.1. The van der Waals surface area contributed by atoms with Gasteiger partial charge in [-0.25, -0.2) is 4.68 Å². The number of tetrazole rings is 1. The van der Waals surface area contributed by atoms with Crippen molar-refractivity contribution in [2.45, 2.75) is 13.8 Å². The topological polar surface area (TPSA) is 86.1 Å². The van der Waals surface area contributed by atoms with E-state index in [4.69, 9.17) is 21.7 Å². The lowest BCUT2D eigenvalue weighted by molar-refractivity contribution is 0.332. The summed E-state index contributed by atoms with van der Waals surface area (Å²) in [5.41, 5.74) is 2.43. The van der Waals surface area contributed by atoms with Crippen molar-refractivity contribution < 1.29 is 9.47 Å². The fraction of sp³-hybridized carbons (Fsp3) is 0.222. The van der Waals surface area contributed by atoms with Gasteiger partial charge in [0.2, 0.25) is 0 Å². The Hall–Kier alpha value is -3.20. The smallest absolute Gasteiger partial charge is 0.175 e. The van der Waals surface area contributed by atoms with Crippen LogP contribution in [-0.4, -0.2) is 38.5 Å². The van der Waals surface area contributed by atoms with E-state index < -0.39 is 0 Å². The molecule has 0 saturated carbocycles. The second-order valence-electron chi connectivity index (χ2n) is 5.40. The molecule has 1 aromatic heterocycles. The summed E-state index contributed by atoms with van der Waals surface area (Å²) in [6.07, 6.45) is 1.54. The number of benzene rings is 2. The van der Waals surface area contributed by atoms with Crippen molar-refractivity contribution in [2.24, 2.45) is 0 Å². The first-order chi connectivity index (χ1) is 13.2. The number of aromatic nitrogens is 4. The van der Waals surface area contributed by atoms with E-state index in [9.17, 15) is 0 Å². The molecule has 2 N–H and O–H groups in total. The summed E-state index contributed by atoms with van der Waals surface area (Å²) in [7, 11) is 0. The fourth-order valence-corrected chi connectivity index (χ4v) is 2.63. The molecule has 9 heteroatoms. The van der Waals surface area contributed by atoms with Gasteiger partial charge in [0.1, 0.15) is 17.8 Å². The van der Waals surface area contributed by atoms with Gasteiger partial charge in [0.25, 0.3) is 0 Å². The van der Waals surface area contributed by atoms with Crippen LogP contribution < -0.4 is 20.1 Å². The quantitative estimate of drug-likeness (QED) is 0.600. The van der Waals surface area contributed by atoms with Crippen LogP contribution in [0.4, 0.5) is 11.4 Å². The SMILES string of the molecule is CCOc1ccc(OCC)c(NC(=S)Nc2ccc(-n3cnnn3)cc2)c1. The van der Waals surface area contributed by atoms with Crippen molar-refractivity contribution in [1.82, 2.24) is 20.2 Å². The van der Waals surface area contributed by atoms with Crippen LogP contribution in [0.1, 0.15) is 13.8 Å². The number of hydrogen-bond acceptors (Lipinski definition) is 6. The Morgan fingerprint density at radius 3 is 2.48 bits per heavy atom. The molecule has 8 nitrogen and oxygen atoms in total. The molecule has 27 heavy (non-hydrogen) atoms. The van der Waals surface area contributed by atoms with Gasteiger partial charge in [0.05, 0.1) is 24.6 Å². The first-order valence-electron chi connectivity index (χ1n) is 8.50. The molecule has 0 aliphatic rings. The van der Waals surface area contributed by atoms with E-state index >= 15 is 0 Å². The lowest BCUT2D eigenvalue weighted by Gasteiger charge is -2.16. The van der Waals surface area contributed by atoms with Gasteiger partial charge >= 0.3 is 0 Å². The maximum atomic E-state index is 5.65. The zero-order valence-corrected chi connectivity index (χ0v) is 15.9. The molecule has 0 radical (unpaired) electrons. The summed E-state index contributed by atoms with van der Waals surface area (Å²) in [4.78, 5) is 0. The van der Waals surface area contributed by atoms with E-state index in [0.717, 1.165) is 22.8 Å². The number of nitrogens with zero attached hydrogens (tertiary/aromatic N) is 4. The van der Waals surface area contributed by atoms with Gasteiger partial charge in [-0.05, 0) is 72.9 Å². The second kappa shape index (κ2) is 8.95. The van der Waals surface area contributed by atoms with Gasteiger partial charge in [0, 0.05) is 11.8 Å². The molecule has 0 fully saturated rings. The Morgan fingerprint density at radius 1 is 1.04 bits per heavy atom. The van der Waals surface area contributed by atoms with E-state index in [1.807, 2.05) is 56.3 Å². The van der Waals surface area contributed by atoms with Crippen molar-refractivity contribution in [2.75, 3.05) is 23.8 Å². The maximum absolute atomic E-state index is 5.65. The first kappa shape index (κ1) is 18.6. The van der Waals surface area contributed by atoms with Crippen molar-refractivity contribution >= 4 is 28.7 Å². The molecule has 3 aromatic rings. The molecule has 1 heterocycles. The third-order valence-corrected chi connectivity index (χ3v) is 3.75. The molecular weight excluding hydrogens is 364 g/mol. The standard InChI is InChI=1S/C18H20N6O2S/c1-3-25-15-9-10-17(26-4-2)16(11-15)21-18(27)20-13-5-7-14(8-6-13)24-12-19-22-23-24/h5-12H,3-4H2,1-2H3,(H2,20,21,27). The van der Waals surface area contributed by atoms with Crippen LogP contribution in [0.3, 0.4) is 0 Å². The van der Waals surface area contributed by atoms with Crippen LogP contribution in [0.2, 0.25) is 0 Å². The first-order valence-corrected chi connectivity index (χ1v) is 8.91. The Morgan fingerprint density at radius 2 is 1.81 bits per heavy atom. The predicted molar refractivity (Wildman–Crippen MR) is 108 cm³/mol. The summed E-state index contributed by atoms with van der Waals surface area (Å²) < 4.78 is 12.8. The van der Waals surface area contributed by atoms with Crippen LogP contribution in [0.25, 0.3) is 5.69 Å². The Balaban J connectivity index is 1.68. The summed E-state index contributed by atoms with van der Waals surface area (Å²) >= 11 is 5.43. The third kappa shape index (κ3) is 4.91. The molecule has 0 aliphatic heterocycles. The number of anilines is 2. The van der Waals surface area contributed by atoms with Crippen molar-refractivity contribution in [3.63, 3.8) is 0 Å². The third-order valence-electron chi connectivity index (χ3n) is 3.55. The van der Waals surface area contributed by atoms with Gasteiger partial charge in [-0.3, -0.25) is 0 Å². The fourth-order valence-electron chi connectivity index (χ4n) is 2.41. The lowest BCUT2D eigenvalue weighted by Crippen LogP contribution is -2.19. The van der Waals surface area contributed by atoms with Gasteiger partial charge in [-0.1, -0.05) is 0 Å². The number of hydrogen-bond donors (Lipinski definition) is 2. The average Bonchev–Trinajstić information content (AvgIpc) is 3.19. The van der Waals surface area contributed by atoms with E-state index in [1.165, 1.54) is 6.33 Å². The van der Waals surface area contributed by atoms with E-state index in [0.29, 0.717) is 24.1 Å². The average molecular weight is 384 g/mol. The number of ether oxygens (including phenoxy) is 2. The van der Waals surface area contributed by atoms with Gasteiger partial charge in [-0.2, -0.15) is 0 Å². The molecule has 3 rings (SSSR count). The molecule has 0 saturated heterocycles. The number of thiocarbonyl (C=S) groups is 1. The van der Waals surface area contributed by atoms with Gasteiger partial charge in [0.15, 0.2) is 5.11 Å². The van der Waals surface area contributed by atoms with Crippen LogP contribution in [0, 0.1) is 0 Å². The minimum absolute atomic E-state index is 0.444. The zero-order chi connectivity index (χ0) is 19.1. The highest BCUT2D eigenvalue weighted by molar-refractivity contribution is 7.80. The van der Waals surface area contributed by atoms with Crippen LogP contribution >= 0.6 is 12.2 Å². The molecule has 0 amide bonds. The van der Waals surface area contributed by atoms with Crippen LogP contribution in [0.5, 0.6) is 11.5 Å². The number of nitrogens with one attached hydrogen (secondary N) is 2. The largest absolute Gasteiger partial charge is 0.494 e. The molecule has 0 bridgehead atoms. The second-order valence-corrected chi connectivity index (χ2v) is 5.81. The molecule has 140 valence electrons. The lowest BCUT2D eigenvalue weighted by atomic mass is 10.2. The summed E-state index contributed by atoms with van der Waals surface area (Å²) in [6, 6.07) is 13.2. The highest BCUT2D eigenvalue weighted by Gasteiger charge is 2.08. The van der Waals surface area contributed by atoms with Crippen molar-refractivity contribution in [3.8, 4) is 17.2 Å². The minimum Gasteiger partial charge on any atom is -0.494 e. The molecule has 0 aliphatic carbocycles. The van der Waals surface area contributed by atoms with E-state index in [1.54, 1.807) is 4.68 Å². The monoisotopic (exact) mass is 384 g/mol. The highest BCUT2D eigenvalue weighted by Crippen LogP contribution is 2.29. The van der Waals surface area contributed by atoms with Crippen molar-refractivity contribution in [1.29, 1.82) is 0 Å². The molecule has 0 unspecified atom stereocenters. The van der Waals surface area contributed by atoms with Gasteiger partial charge in [-0.15, -0.1) is 5.10 Å². The van der Waals surface area contributed by atoms with Crippen LogP contribution in [-0.2, 0) is 0 Å². The van der Waals surface area contributed by atoms with E-state index in [2.05, 4.69) is 26.2 Å². The molecular formula is C18H20N6O2S. The summed E-state index contributed by atoms with van der Waals surface area (Å²) in [5, 5.41) is 17.9. The summed E-state index contributed by atoms with van der Waals surface area (Å²) in [6.45, 7) is 5.02. The van der Waals surface area contributed by atoms with Crippen LogP contribution in [0.15, 0.2) is 48.8 Å². The minimum atomic E-state index is 0.444. The Labute approximate surface area is 162 Å². The van der Waals surface area contributed by atoms with E-state index in [-0.39, 0.29) is 0 Å². The predicted octanol–water partition coefficient (Wildman–Crippen LogP) is 3.27. The Bertz CT molecular complexity index is 883. The summed E-state index contributed by atoms with van der Waals surface area (Å²) in [5.74, 6) is 1.45. The van der Waals surface area contributed by atoms with Gasteiger partial charge < -0.3 is 20.1 Å². The zero-order valence-electron chi connectivity index (χ0n) is 15.0. The number of rotatable bonds is 7. The molecule has 0 atom stereocenters. The molecule has 0 spiro atoms. The normalized spacial score (nSPS) is 10.3. The van der Waals surface area contributed by atoms with Crippen molar-refractivity contribution in [3.05, 3.63) is 48.8 Å².